The Kier molecular flexibility index (Phi) is 7.33. The van der Waals surface area contributed by atoms with Gasteiger partial charge in [0.1, 0.15) is 0 Å². The van der Waals surface area contributed by atoms with Crippen LogP contribution in [0.25, 0.3) is 0 Å². The van der Waals surface area contributed by atoms with Crippen LogP contribution < -0.4 is 5.73 Å². The SMILES string of the molecule is CSCCN(C)C(CN)CCc1ccccc1. The average molecular weight is 252 g/mol. The first-order valence-corrected chi connectivity index (χ1v) is 7.60. The van der Waals surface area contributed by atoms with Gasteiger partial charge in [-0.1, -0.05) is 30.3 Å². The second-order valence-corrected chi connectivity index (χ2v) is 5.37. The molecule has 0 aliphatic carbocycles. The summed E-state index contributed by atoms with van der Waals surface area (Å²) in [7, 11) is 2.18. The summed E-state index contributed by atoms with van der Waals surface area (Å²) < 4.78 is 0. The van der Waals surface area contributed by atoms with Crippen molar-refractivity contribution >= 4 is 11.8 Å². The highest BCUT2D eigenvalue weighted by Gasteiger charge is 2.12. The lowest BCUT2D eigenvalue weighted by Gasteiger charge is -2.26. The van der Waals surface area contributed by atoms with Gasteiger partial charge in [0.2, 0.25) is 0 Å². The fraction of sp³-hybridized carbons (Fsp3) is 0.571. The zero-order valence-electron chi connectivity index (χ0n) is 10.9. The molecule has 1 aromatic rings. The molecule has 0 aliphatic heterocycles. The van der Waals surface area contributed by atoms with Crippen molar-refractivity contribution in [2.75, 3.05) is 32.1 Å². The molecule has 1 unspecified atom stereocenters. The molecule has 0 saturated carbocycles. The number of hydrogen-bond donors (Lipinski definition) is 1. The Bertz CT molecular complexity index is 290. The van der Waals surface area contributed by atoms with Gasteiger partial charge >= 0.3 is 0 Å². The molecule has 2 nitrogen and oxygen atoms in total. The number of likely N-dealkylation sites (N-methyl/N-ethyl adjacent to an activating group) is 1. The zero-order chi connectivity index (χ0) is 12.5. The number of rotatable bonds is 8. The molecule has 0 aliphatic rings. The van der Waals surface area contributed by atoms with Crippen molar-refractivity contribution in [1.82, 2.24) is 4.90 Å². The third-order valence-corrected chi connectivity index (χ3v) is 3.74. The molecule has 0 bridgehead atoms. The lowest BCUT2D eigenvalue weighted by Crippen LogP contribution is -2.39. The molecule has 2 N–H and O–H groups in total. The molecular formula is C14H24N2S. The van der Waals surface area contributed by atoms with Gasteiger partial charge in [-0.15, -0.1) is 0 Å². The minimum atomic E-state index is 0.502. The monoisotopic (exact) mass is 252 g/mol. The van der Waals surface area contributed by atoms with Crippen molar-refractivity contribution in [3.63, 3.8) is 0 Å². The van der Waals surface area contributed by atoms with E-state index in [2.05, 4.69) is 48.5 Å². The van der Waals surface area contributed by atoms with Crippen LogP contribution in [0, 0.1) is 0 Å². The Labute approximate surface area is 110 Å². The summed E-state index contributed by atoms with van der Waals surface area (Å²) in [6, 6.07) is 11.1. The largest absolute Gasteiger partial charge is 0.329 e. The van der Waals surface area contributed by atoms with Crippen LogP contribution in [-0.4, -0.2) is 43.1 Å². The summed E-state index contributed by atoms with van der Waals surface area (Å²) in [6.07, 6.45) is 4.41. The van der Waals surface area contributed by atoms with Gasteiger partial charge < -0.3 is 10.6 Å². The number of aryl methyl sites for hydroxylation is 1. The molecule has 0 spiro atoms. The molecule has 1 rings (SSSR count). The Morgan fingerprint density at radius 3 is 2.59 bits per heavy atom. The van der Waals surface area contributed by atoms with E-state index in [1.54, 1.807) is 0 Å². The standard InChI is InChI=1S/C14H24N2S/c1-16(10-11-17-2)14(12-15)9-8-13-6-4-3-5-7-13/h3-7,14H,8-12,15H2,1-2H3. The van der Waals surface area contributed by atoms with Crippen molar-refractivity contribution in [3.8, 4) is 0 Å². The van der Waals surface area contributed by atoms with E-state index in [1.807, 2.05) is 11.8 Å². The van der Waals surface area contributed by atoms with Crippen LogP contribution in [-0.2, 0) is 6.42 Å². The first kappa shape index (κ1) is 14.6. The lowest BCUT2D eigenvalue weighted by molar-refractivity contribution is 0.249. The maximum absolute atomic E-state index is 5.86. The molecule has 0 radical (unpaired) electrons. The van der Waals surface area contributed by atoms with Crippen LogP contribution in [0.4, 0.5) is 0 Å². The third-order valence-electron chi connectivity index (χ3n) is 3.15. The highest BCUT2D eigenvalue weighted by Crippen LogP contribution is 2.09. The van der Waals surface area contributed by atoms with Gasteiger partial charge in [-0.25, -0.2) is 0 Å². The first-order valence-electron chi connectivity index (χ1n) is 6.21. The van der Waals surface area contributed by atoms with E-state index in [0.717, 1.165) is 25.9 Å². The van der Waals surface area contributed by atoms with E-state index in [1.165, 1.54) is 11.3 Å². The van der Waals surface area contributed by atoms with Gasteiger partial charge in [0.25, 0.3) is 0 Å². The molecule has 0 heterocycles. The minimum Gasteiger partial charge on any atom is -0.329 e. The second-order valence-electron chi connectivity index (χ2n) is 4.39. The summed E-state index contributed by atoms with van der Waals surface area (Å²) in [6.45, 7) is 1.87. The topological polar surface area (TPSA) is 29.3 Å². The van der Waals surface area contributed by atoms with E-state index < -0.39 is 0 Å². The second kappa shape index (κ2) is 8.56. The Hall–Kier alpha value is -0.510. The van der Waals surface area contributed by atoms with Crippen LogP contribution in [0.5, 0.6) is 0 Å². The predicted molar refractivity (Wildman–Crippen MR) is 78.6 cm³/mol. The third kappa shape index (κ3) is 5.57. The minimum absolute atomic E-state index is 0.502. The van der Waals surface area contributed by atoms with Crippen LogP contribution in [0.1, 0.15) is 12.0 Å². The van der Waals surface area contributed by atoms with E-state index in [-0.39, 0.29) is 0 Å². The van der Waals surface area contributed by atoms with Crippen LogP contribution in [0.3, 0.4) is 0 Å². The molecule has 1 aromatic carbocycles. The number of hydrogen-bond acceptors (Lipinski definition) is 3. The van der Waals surface area contributed by atoms with E-state index in [0.29, 0.717) is 6.04 Å². The number of thioether (sulfide) groups is 1. The van der Waals surface area contributed by atoms with Gasteiger partial charge in [0, 0.05) is 24.9 Å². The molecule has 0 amide bonds. The maximum Gasteiger partial charge on any atom is 0.0218 e. The highest BCUT2D eigenvalue weighted by atomic mass is 32.2. The van der Waals surface area contributed by atoms with Gasteiger partial charge in [-0.3, -0.25) is 0 Å². The van der Waals surface area contributed by atoms with Gasteiger partial charge in [-0.05, 0) is 31.7 Å². The number of benzene rings is 1. The van der Waals surface area contributed by atoms with E-state index >= 15 is 0 Å². The van der Waals surface area contributed by atoms with Crippen molar-refractivity contribution in [1.29, 1.82) is 0 Å². The molecule has 0 aromatic heterocycles. The van der Waals surface area contributed by atoms with Crippen LogP contribution >= 0.6 is 11.8 Å². The van der Waals surface area contributed by atoms with Gasteiger partial charge in [-0.2, -0.15) is 11.8 Å². The quantitative estimate of drug-likeness (QED) is 0.769. The van der Waals surface area contributed by atoms with Crippen molar-refractivity contribution in [2.45, 2.75) is 18.9 Å². The molecule has 0 saturated heterocycles. The first-order chi connectivity index (χ1) is 8.27. The number of nitrogens with zero attached hydrogens (tertiary/aromatic N) is 1. The van der Waals surface area contributed by atoms with Crippen molar-refractivity contribution in [3.05, 3.63) is 35.9 Å². The van der Waals surface area contributed by atoms with E-state index in [4.69, 9.17) is 5.73 Å². The fourth-order valence-corrected chi connectivity index (χ4v) is 2.38. The maximum atomic E-state index is 5.86. The average Bonchev–Trinajstić information content (AvgIpc) is 2.38. The van der Waals surface area contributed by atoms with E-state index in [9.17, 15) is 0 Å². The lowest BCUT2D eigenvalue weighted by atomic mass is 10.0. The number of nitrogens with two attached hydrogens (primary N) is 1. The van der Waals surface area contributed by atoms with Gasteiger partial charge in [0.05, 0.1) is 0 Å². The predicted octanol–water partition coefficient (Wildman–Crippen LogP) is 2.24. The Balaban J connectivity index is 2.36. The normalized spacial score (nSPS) is 12.9. The highest BCUT2D eigenvalue weighted by molar-refractivity contribution is 7.98. The summed E-state index contributed by atoms with van der Waals surface area (Å²) in [5, 5.41) is 0. The Morgan fingerprint density at radius 1 is 1.29 bits per heavy atom. The van der Waals surface area contributed by atoms with Crippen LogP contribution in [0.15, 0.2) is 30.3 Å². The smallest absolute Gasteiger partial charge is 0.0218 e. The molecule has 0 fully saturated rings. The molecule has 3 heteroatoms. The van der Waals surface area contributed by atoms with Crippen molar-refractivity contribution < 1.29 is 0 Å². The molecule has 17 heavy (non-hydrogen) atoms. The molecule has 1 atom stereocenters. The van der Waals surface area contributed by atoms with Crippen LogP contribution in [0.2, 0.25) is 0 Å². The summed E-state index contributed by atoms with van der Waals surface area (Å²) >= 11 is 1.89. The van der Waals surface area contributed by atoms with Gasteiger partial charge in [0.15, 0.2) is 0 Å². The zero-order valence-corrected chi connectivity index (χ0v) is 11.7. The molecular weight excluding hydrogens is 228 g/mol. The summed E-state index contributed by atoms with van der Waals surface area (Å²) in [5.74, 6) is 1.18. The Morgan fingerprint density at radius 2 is 2.00 bits per heavy atom. The molecule has 96 valence electrons. The van der Waals surface area contributed by atoms with Crippen molar-refractivity contribution in [2.24, 2.45) is 5.73 Å². The fourth-order valence-electron chi connectivity index (χ4n) is 1.91. The summed E-state index contributed by atoms with van der Waals surface area (Å²) in [4.78, 5) is 2.39. The summed E-state index contributed by atoms with van der Waals surface area (Å²) in [5.41, 5.74) is 7.27.